The molecule has 3 heteroatoms. The Balaban J connectivity index is 2.33. The first-order valence-corrected chi connectivity index (χ1v) is 5.11. The third kappa shape index (κ3) is 2.62. The Kier molecular flexibility index (Phi) is 3.09. The maximum absolute atomic E-state index is 10.7. The standard InChI is InChI=1S/C7H13NOS/c1-10(9)8-7-5-3-2-4-6-7/h3,5,7-8H,2,4,6H2,1H3. The summed E-state index contributed by atoms with van der Waals surface area (Å²) in [5.74, 6) is 0. The molecule has 0 aliphatic heterocycles. The van der Waals surface area contributed by atoms with Gasteiger partial charge in [0.05, 0.1) is 11.0 Å². The van der Waals surface area contributed by atoms with Gasteiger partial charge in [-0.1, -0.05) is 12.2 Å². The van der Waals surface area contributed by atoms with Crippen molar-refractivity contribution < 1.29 is 4.21 Å². The Bertz CT molecular complexity index is 156. The number of rotatable bonds is 2. The quantitative estimate of drug-likeness (QED) is 0.598. The lowest BCUT2D eigenvalue weighted by molar-refractivity contribution is 0.599. The van der Waals surface area contributed by atoms with Gasteiger partial charge < -0.3 is 0 Å². The van der Waals surface area contributed by atoms with Crippen molar-refractivity contribution in [2.45, 2.75) is 25.3 Å². The Morgan fingerprint density at radius 1 is 1.70 bits per heavy atom. The molecule has 0 saturated carbocycles. The van der Waals surface area contributed by atoms with Gasteiger partial charge in [0, 0.05) is 12.3 Å². The summed E-state index contributed by atoms with van der Waals surface area (Å²) in [6.07, 6.45) is 9.43. The normalized spacial score (nSPS) is 28.3. The van der Waals surface area contributed by atoms with Crippen molar-refractivity contribution in [1.29, 1.82) is 0 Å². The highest BCUT2D eigenvalue weighted by atomic mass is 32.2. The van der Waals surface area contributed by atoms with E-state index in [0.29, 0.717) is 6.04 Å². The van der Waals surface area contributed by atoms with Gasteiger partial charge in [-0.2, -0.15) is 0 Å². The first-order chi connectivity index (χ1) is 4.79. The molecule has 0 radical (unpaired) electrons. The van der Waals surface area contributed by atoms with Gasteiger partial charge in [-0.25, -0.2) is 8.93 Å². The summed E-state index contributed by atoms with van der Waals surface area (Å²) in [5, 5.41) is 0. The minimum atomic E-state index is -0.864. The molecule has 0 spiro atoms. The zero-order valence-electron chi connectivity index (χ0n) is 6.17. The van der Waals surface area contributed by atoms with E-state index in [1.807, 2.05) is 0 Å². The monoisotopic (exact) mass is 159 g/mol. The van der Waals surface area contributed by atoms with E-state index in [-0.39, 0.29) is 0 Å². The van der Waals surface area contributed by atoms with Crippen LogP contribution in [0.3, 0.4) is 0 Å². The first-order valence-electron chi connectivity index (χ1n) is 3.55. The highest BCUT2D eigenvalue weighted by molar-refractivity contribution is 7.82. The number of hydrogen-bond donors (Lipinski definition) is 1. The van der Waals surface area contributed by atoms with Crippen LogP contribution in [0.4, 0.5) is 0 Å². The van der Waals surface area contributed by atoms with Crippen LogP contribution in [-0.4, -0.2) is 16.5 Å². The third-order valence-electron chi connectivity index (χ3n) is 1.57. The summed E-state index contributed by atoms with van der Waals surface area (Å²) in [5.41, 5.74) is 0. The molecule has 2 nitrogen and oxygen atoms in total. The predicted octanol–water partition coefficient (Wildman–Crippen LogP) is 0.978. The van der Waals surface area contributed by atoms with E-state index in [4.69, 9.17) is 0 Å². The zero-order chi connectivity index (χ0) is 7.40. The molecule has 1 aliphatic carbocycles. The van der Waals surface area contributed by atoms with E-state index in [1.165, 1.54) is 12.8 Å². The molecule has 1 aliphatic rings. The summed E-state index contributed by atoms with van der Waals surface area (Å²) in [7, 11) is -0.864. The molecule has 2 atom stereocenters. The van der Waals surface area contributed by atoms with Gasteiger partial charge >= 0.3 is 0 Å². The van der Waals surface area contributed by atoms with Crippen LogP contribution in [0, 0.1) is 0 Å². The summed E-state index contributed by atoms with van der Waals surface area (Å²) in [6, 6.07) is 0.347. The van der Waals surface area contributed by atoms with E-state index in [0.717, 1.165) is 6.42 Å². The Hall–Kier alpha value is -0.150. The van der Waals surface area contributed by atoms with Crippen molar-refractivity contribution >= 4 is 11.0 Å². The average molecular weight is 159 g/mol. The Morgan fingerprint density at radius 3 is 3.00 bits per heavy atom. The van der Waals surface area contributed by atoms with Crippen LogP contribution in [0.2, 0.25) is 0 Å². The summed E-state index contributed by atoms with van der Waals surface area (Å²) >= 11 is 0. The minimum absolute atomic E-state index is 0.347. The number of allylic oxidation sites excluding steroid dienone is 1. The van der Waals surface area contributed by atoms with Crippen molar-refractivity contribution in [3.05, 3.63) is 12.2 Å². The minimum Gasteiger partial charge on any atom is -0.243 e. The van der Waals surface area contributed by atoms with Crippen LogP contribution in [-0.2, 0) is 11.0 Å². The highest BCUT2D eigenvalue weighted by Gasteiger charge is 2.07. The largest absolute Gasteiger partial charge is 0.243 e. The Labute approximate surface area is 64.3 Å². The van der Waals surface area contributed by atoms with Crippen LogP contribution in [0.25, 0.3) is 0 Å². The molecule has 0 bridgehead atoms. The van der Waals surface area contributed by atoms with Crippen molar-refractivity contribution in [2.24, 2.45) is 0 Å². The van der Waals surface area contributed by atoms with Crippen molar-refractivity contribution in [2.75, 3.05) is 6.26 Å². The highest BCUT2D eigenvalue weighted by Crippen LogP contribution is 2.09. The molecule has 0 saturated heterocycles. The second kappa shape index (κ2) is 3.88. The SMILES string of the molecule is CS(=O)NC1C=CCCC1. The van der Waals surface area contributed by atoms with Gasteiger partial charge in [0.1, 0.15) is 0 Å². The fourth-order valence-corrected chi connectivity index (χ4v) is 1.75. The summed E-state index contributed by atoms with van der Waals surface area (Å²) < 4.78 is 13.6. The van der Waals surface area contributed by atoms with Gasteiger partial charge in [0.15, 0.2) is 0 Å². The smallest absolute Gasteiger partial charge is 0.0889 e. The second-order valence-corrected chi connectivity index (χ2v) is 3.68. The lowest BCUT2D eigenvalue weighted by Gasteiger charge is -2.15. The number of hydrogen-bond acceptors (Lipinski definition) is 1. The first kappa shape index (κ1) is 7.95. The maximum atomic E-state index is 10.7. The fourth-order valence-electron chi connectivity index (χ4n) is 1.12. The molecule has 0 aromatic heterocycles. The fraction of sp³-hybridized carbons (Fsp3) is 0.714. The lowest BCUT2D eigenvalue weighted by Crippen LogP contribution is -2.29. The topological polar surface area (TPSA) is 29.1 Å². The van der Waals surface area contributed by atoms with Gasteiger partial charge in [0.25, 0.3) is 0 Å². The van der Waals surface area contributed by atoms with E-state index in [9.17, 15) is 4.21 Å². The van der Waals surface area contributed by atoms with E-state index >= 15 is 0 Å². The van der Waals surface area contributed by atoms with Crippen LogP contribution >= 0.6 is 0 Å². The van der Waals surface area contributed by atoms with Crippen LogP contribution in [0.5, 0.6) is 0 Å². The van der Waals surface area contributed by atoms with E-state index in [2.05, 4.69) is 16.9 Å². The molecular formula is C7H13NOS. The molecule has 0 amide bonds. The Morgan fingerprint density at radius 2 is 2.50 bits per heavy atom. The van der Waals surface area contributed by atoms with Crippen molar-refractivity contribution in [3.63, 3.8) is 0 Å². The third-order valence-corrected chi connectivity index (χ3v) is 2.21. The van der Waals surface area contributed by atoms with Gasteiger partial charge in [-0.15, -0.1) is 0 Å². The molecule has 0 aromatic carbocycles. The van der Waals surface area contributed by atoms with Crippen LogP contribution < -0.4 is 4.72 Å². The van der Waals surface area contributed by atoms with Crippen molar-refractivity contribution in [3.8, 4) is 0 Å². The van der Waals surface area contributed by atoms with E-state index < -0.39 is 11.0 Å². The van der Waals surface area contributed by atoms with Gasteiger partial charge in [0.2, 0.25) is 0 Å². The zero-order valence-corrected chi connectivity index (χ0v) is 6.99. The molecular weight excluding hydrogens is 146 g/mol. The lowest BCUT2D eigenvalue weighted by atomic mass is 10.0. The predicted molar refractivity (Wildman–Crippen MR) is 44.0 cm³/mol. The van der Waals surface area contributed by atoms with Crippen LogP contribution in [0.15, 0.2) is 12.2 Å². The summed E-state index contributed by atoms with van der Waals surface area (Å²) in [4.78, 5) is 0. The van der Waals surface area contributed by atoms with Gasteiger partial charge in [-0.05, 0) is 19.3 Å². The summed E-state index contributed by atoms with van der Waals surface area (Å²) in [6.45, 7) is 0. The second-order valence-electron chi connectivity index (χ2n) is 2.54. The van der Waals surface area contributed by atoms with Crippen LogP contribution in [0.1, 0.15) is 19.3 Å². The molecule has 0 fully saturated rings. The molecule has 58 valence electrons. The molecule has 0 aromatic rings. The molecule has 0 heterocycles. The van der Waals surface area contributed by atoms with Crippen molar-refractivity contribution in [1.82, 2.24) is 4.72 Å². The van der Waals surface area contributed by atoms with Gasteiger partial charge in [-0.3, -0.25) is 0 Å². The maximum Gasteiger partial charge on any atom is 0.0889 e. The average Bonchev–Trinajstić information content (AvgIpc) is 1.88. The number of nitrogens with one attached hydrogen (secondary N) is 1. The molecule has 1 rings (SSSR count). The van der Waals surface area contributed by atoms with E-state index in [1.54, 1.807) is 6.26 Å². The molecule has 10 heavy (non-hydrogen) atoms. The molecule has 2 unspecified atom stereocenters. The molecule has 1 N–H and O–H groups in total.